The SMILES string of the molecule is COc1ccc([N+](=O)[O-])c2c1NC(c1ccc(C(=O)O)cc1)C1C3CCC(C3)C21. The van der Waals surface area contributed by atoms with E-state index in [2.05, 4.69) is 5.32 Å². The molecule has 2 aromatic carbocycles. The Bertz CT molecular complexity index is 1000. The molecule has 5 unspecified atom stereocenters. The van der Waals surface area contributed by atoms with Gasteiger partial charge in [0.2, 0.25) is 0 Å². The van der Waals surface area contributed by atoms with Crippen LogP contribution in [0.2, 0.25) is 0 Å². The molecular formula is C22H22N2O5. The van der Waals surface area contributed by atoms with Gasteiger partial charge in [-0.05, 0) is 60.8 Å². The molecule has 5 rings (SSSR count). The third-order valence-electron chi connectivity index (χ3n) is 7.12. The van der Waals surface area contributed by atoms with Crippen LogP contribution in [0, 0.1) is 27.9 Å². The Kier molecular flexibility index (Phi) is 4.01. The van der Waals surface area contributed by atoms with Crippen LogP contribution < -0.4 is 10.1 Å². The molecule has 2 aromatic rings. The summed E-state index contributed by atoms with van der Waals surface area (Å²) >= 11 is 0. The minimum atomic E-state index is -0.950. The Morgan fingerprint density at radius 2 is 1.90 bits per heavy atom. The molecule has 0 aromatic heterocycles. The number of ether oxygens (including phenoxy) is 1. The van der Waals surface area contributed by atoms with Crippen LogP contribution in [-0.2, 0) is 0 Å². The lowest BCUT2D eigenvalue weighted by molar-refractivity contribution is -0.385. The lowest BCUT2D eigenvalue weighted by atomic mass is 9.67. The van der Waals surface area contributed by atoms with Gasteiger partial charge in [-0.15, -0.1) is 0 Å². The number of anilines is 1. The lowest BCUT2D eigenvalue weighted by Gasteiger charge is -2.43. The second-order valence-corrected chi connectivity index (χ2v) is 8.32. The zero-order chi connectivity index (χ0) is 20.3. The molecular weight excluding hydrogens is 372 g/mol. The standard InChI is InChI=1S/C22H22N2O5/c1-29-16-9-8-15(24(27)28)19-17-13-6-7-14(10-13)18(17)20(23-21(16)19)11-2-4-12(5-3-11)22(25)26/h2-5,8-9,13-14,17-18,20,23H,6-7,10H2,1H3,(H,25,26). The minimum Gasteiger partial charge on any atom is -0.495 e. The molecule has 150 valence electrons. The Morgan fingerprint density at radius 1 is 1.17 bits per heavy atom. The van der Waals surface area contributed by atoms with E-state index in [1.807, 2.05) is 12.1 Å². The molecule has 2 bridgehead atoms. The van der Waals surface area contributed by atoms with Crippen LogP contribution >= 0.6 is 0 Å². The molecule has 2 N–H and O–H groups in total. The predicted molar refractivity (Wildman–Crippen MR) is 106 cm³/mol. The number of nitrogens with zero attached hydrogens (tertiary/aromatic N) is 1. The highest BCUT2D eigenvalue weighted by molar-refractivity contribution is 5.87. The number of hydrogen-bond donors (Lipinski definition) is 2. The number of aromatic carboxylic acids is 1. The van der Waals surface area contributed by atoms with Crippen molar-refractivity contribution in [2.45, 2.75) is 31.2 Å². The zero-order valence-electron chi connectivity index (χ0n) is 16.0. The number of carbonyl (C=O) groups is 1. The summed E-state index contributed by atoms with van der Waals surface area (Å²) in [4.78, 5) is 22.7. The van der Waals surface area contributed by atoms with Gasteiger partial charge in [0.05, 0.1) is 34.9 Å². The summed E-state index contributed by atoms with van der Waals surface area (Å²) in [5.74, 6) is 0.984. The minimum absolute atomic E-state index is 0.0263. The number of hydrogen-bond acceptors (Lipinski definition) is 5. The summed E-state index contributed by atoms with van der Waals surface area (Å²) in [6, 6.07) is 10.2. The molecule has 7 heteroatoms. The topological polar surface area (TPSA) is 102 Å². The van der Waals surface area contributed by atoms with Gasteiger partial charge in [-0.3, -0.25) is 10.1 Å². The summed E-state index contributed by atoms with van der Waals surface area (Å²) in [7, 11) is 1.58. The fourth-order valence-corrected chi connectivity index (χ4v) is 6.04. The van der Waals surface area contributed by atoms with Gasteiger partial charge in [-0.2, -0.15) is 0 Å². The molecule has 0 radical (unpaired) electrons. The van der Waals surface area contributed by atoms with Gasteiger partial charge in [0.25, 0.3) is 5.69 Å². The van der Waals surface area contributed by atoms with E-state index in [0.29, 0.717) is 23.3 Å². The van der Waals surface area contributed by atoms with Gasteiger partial charge in [-0.25, -0.2) is 4.79 Å². The average molecular weight is 394 g/mol. The van der Waals surface area contributed by atoms with E-state index in [4.69, 9.17) is 4.74 Å². The molecule has 7 nitrogen and oxygen atoms in total. The van der Waals surface area contributed by atoms with Crippen LogP contribution in [0.3, 0.4) is 0 Å². The highest BCUT2D eigenvalue weighted by Gasteiger charge is 2.56. The zero-order valence-corrected chi connectivity index (χ0v) is 16.0. The summed E-state index contributed by atoms with van der Waals surface area (Å²) in [5.41, 5.74) is 2.92. The smallest absolute Gasteiger partial charge is 0.335 e. The summed E-state index contributed by atoms with van der Waals surface area (Å²) in [5, 5.41) is 24.6. The van der Waals surface area contributed by atoms with Crippen molar-refractivity contribution in [2.24, 2.45) is 17.8 Å². The molecule has 29 heavy (non-hydrogen) atoms. The number of benzene rings is 2. The van der Waals surface area contributed by atoms with Gasteiger partial charge in [0.1, 0.15) is 5.75 Å². The van der Waals surface area contributed by atoms with Gasteiger partial charge >= 0.3 is 5.97 Å². The Labute approximate surface area is 167 Å². The number of nitrogens with one attached hydrogen (secondary N) is 1. The summed E-state index contributed by atoms with van der Waals surface area (Å²) in [6.45, 7) is 0. The highest BCUT2D eigenvalue weighted by Crippen LogP contribution is 2.65. The number of rotatable bonds is 4. The second-order valence-electron chi connectivity index (χ2n) is 8.32. The van der Waals surface area contributed by atoms with Crippen molar-refractivity contribution >= 4 is 17.3 Å². The summed E-state index contributed by atoms with van der Waals surface area (Å²) in [6.07, 6.45) is 3.34. The predicted octanol–water partition coefficient (Wildman–Crippen LogP) is 4.60. The maximum Gasteiger partial charge on any atom is 0.335 e. The van der Waals surface area contributed by atoms with Crippen LogP contribution in [0.4, 0.5) is 11.4 Å². The van der Waals surface area contributed by atoms with E-state index >= 15 is 0 Å². The first-order valence-electron chi connectivity index (χ1n) is 9.94. The molecule has 2 saturated carbocycles. The maximum atomic E-state index is 11.8. The van der Waals surface area contributed by atoms with Crippen molar-refractivity contribution in [3.05, 3.63) is 63.2 Å². The summed E-state index contributed by atoms with van der Waals surface area (Å²) < 4.78 is 5.55. The van der Waals surface area contributed by atoms with Crippen molar-refractivity contribution in [1.82, 2.24) is 0 Å². The van der Waals surface area contributed by atoms with E-state index in [0.717, 1.165) is 30.4 Å². The Morgan fingerprint density at radius 3 is 2.55 bits per heavy atom. The number of fused-ring (bicyclic) bond motifs is 7. The van der Waals surface area contributed by atoms with Gasteiger partial charge in [0.15, 0.2) is 0 Å². The highest BCUT2D eigenvalue weighted by atomic mass is 16.6. The first-order chi connectivity index (χ1) is 14.0. The van der Waals surface area contributed by atoms with Crippen LogP contribution in [0.15, 0.2) is 36.4 Å². The van der Waals surface area contributed by atoms with Crippen molar-refractivity contribution in [3.8, 4) is 5.75 Å². The van der Waals surface area contributed by atoms with Crippen molar-refractivity contribution < 1.29 is 19.6 Å². The fraction of sp³-hybridized carbons (Fsp3) is 0.409. The van der Waals surface area contributed by atoms with Crippen molar-refractivity contribution in [2.75, 3.05) is 12.4 Å². The maximum absolute atomic E-state index is 11.8. The third-order valence-corrected chi connectivity index (χ3v) is 7.12. The Hall–Kier alpha value is -3.09. The van der Waals surface area contributed by atoms with Crippen molar-refractivity contribution in [1.29, 1.82) is 0 Å². The number of carboxylic acids is 1. The molecule has 1 heterocycles. The van der Waals surface area contributed by atoms with Gasteiger partial charge < -0.3 is 15.2 Å². The number of nitro benzene ring substituents is 1. The third kappa shape index (κ3) is 2.60. The molecule has 0 saturated heterocycles. The van der Waals surface area contributed by atoms with E-state index in [1.165, 1.54) is 0 Å². The molecule has 2 fully saturated rings. The van der Waals surface area contributed by atoms with E-state index < -0.39 is 5.97 Å². The normalized spacial score (nSPS) is 28.9. The van der Waals surface area contributed by atoms with Crippen molar-refractivity contribution in [3.63, 3.8) is 0 Å². The molecule has 0 spiro atoms. The molecule has 1 aliphatic heterocycles. The second kappa shape index (κ2) is 6.47. The number of nitro groups is 1. The first-order valence-corrected chi connectivity index (χ1v) is 9.94. The molecule has 3 aliphatic rings. The van der Waals surface area contributed by atoms with Crippen LogP contribution in [0.1, 0.15) is 52.7 Å². The monoisotopic (exact) mass is 394 g/mol. The van der Waals surface area contributed by atoms with Gasteiger partial charge in [-0.1, -0.05) is 12.1 Å². The lowest BCUT2D eigenvalue weighted by Crippen LogP contribution is -2.36. The molecule has 5 atom stereocenters. The first kappa shape index (κ1) is 18.0. The quantitative estimate of drug-likeness (QED) is 0.580. The number of carboxylic acid groups (broad SMARTS) is 1. The van der Waals surface area contributed by atoms with E-state index in [-0.39, 0.29) is 34.1 Å². The van der Waals surface area contributed by atoms with Crippen LogP contribution in [-0.4, -0.2) is 23.1 Å². The average Bonchev–Trinajstić information content (AvgIpc) is 3.34. The van der Waals surface area contributed by atoms with Crippen LogP contribution in [0.5, 0.6) is 5.75 Å². The fourth-order valence-electron chi connectivity index (χ4n) is 6.04. The Balaban J connectivity index is 1.66. The van der Waals surface area contributed by atoms with Crippen LogP contribution in [0.25, 0.3) is 0 Å². The molecule has 0 amide bonds. The molecule has 2 aliphatic carbocycles. The van der Waals surface area contributed by atoms with E-state index in [9.17, 15) is 20.0 Å². The van der Waals surface area contributed by atoms with Gasteiger partial charge in [0, 0.05) is 12.0 Å². The largest absolute Gasteiger partial charge is 0.495 e. The number of methoxy groups -OCH3 is 1. The van der Waals surface area contributed by atoms with E-state index in [1.54, 1.807) is 31.4 Å².